The van der Waals surface area contributed by atoms with Gasteiger partial charge in [0.25, 0.3) is 0 Å². The first-order valence-electron chi connectivity index (χ1n) is 7.26. The number of rotatable bonds is 1. The Balaban J connectivity index is 1.83. The Morgan fingerprint density at radius 2 is 1.59 bits per heavy atom. The van der Waals surface area contributed by atoms with Gasteiger partial charge in [0, 0.05) is 0 Å². The zero-order chi connectivity index (χ0) is 15.1. The van der Waals surface area contributed by atoms with Crippen LogP contribution < -0.4 is 4.46 Å². The number of hydrogen-bond donors (Lipinski definition) is 0. The monoisotopic (exact) mass is 350 g/mol. The van der Waals surface area contributed by atoms with Crippen molar-refractivity contribution in [2.24, 2.45) is 0 Å². The number of benzene rings is 3. The third kappa shape index (κ3) is 2.12. The molecule has 3 aromatic carbocycles. The van der Waals surface area contributed by atoms with Gasteiger partial charge in [-0.25, -0.2) is 0 Å². The molecule has 0 radical (unpaired) electrons. The molecule has 1 heterocycles. The van der Waals surface area contributed by atoms with E-state index in [4.69, 9.17) is 0 Å². The fourth-order valence-corrected chi connectivity index (χ4v) is 5.15. The SMILES string of the molecule is C/C(=C1/[Se]c2ccccc2C1=O)c1ccc2ccccc2c1. The Kier molecular flexibility index (Phi) is 3.22. The van der Waals surface area contributed by atoms with Gasteiger partial charge in [0.1, 0.15) is 0 Å². The van der Waals surface area contributed by atoms with E-state index in [1.807, 2.05) is 24.3 Å². The topological polar surface area (TPSA) is 17.1 Å². The first-order chi connectivity index (χ1) is 10.7. The second-order valence-electron chi connectivity index (χ2n) is 5.44. The minimum atomic E-state index is 0.114. The number of fused-ring (bicyclic) bond motifs is 2. The molecule has 106 valence electrons. The Morgan fingerprint density at radius 3 is 2.41 bits per heavy atom. The van der Waals surface area contributed by atoms with Gasteiger partial charge in [-0.1, -0.05) is 0 Å². The summed E-state index contributed by atoms with van der Waals surface area (Å²) in [5.41, 5.74) is 3.15. The van der Waals surface area contributed by atoms with Gasteiger partial charge in [-0.2, -0.15) is 0 Å². The molecule has 3 aromatic rings. The van der Waals surface area contributed by atoms with E-state index in [0.717, 1.165) is 21.2 Å². The van der Waals surface area contributed by atoms with Crippen LogP contribution in [0.3, 0.4) is 0 Å². The molecule has 22 heavy (non-hydrogen) atoms. The van der Waals surface area contributed by atoms with E-state index < -0.39 is 0 Å². The summed E-state index contributed by atoms with van der Waals surface area (Å²) in [6, 6.07) is 22.8. The quantitative estimate of drug-likeness (QED) is 0.483. The van der Waals surface area contributed by atoms with Crippen molar-refractivity contribution in [1.82, 2.24) is 0 Å². The fraction of sp³-hybridized carbons (Fsp3) is 0.0500. The van der Waals surface area contributed by atoms with Gasteiger partial charge in [-0.3, -0.25) is 0 Å². The number of carbonyl (C=O) groups is 1. The molecule has 0 saturated carbocycles. The maximum absolute atomic E-state index is 12.6. The van der Waals surface area contributed by atoms with Crippen molar-refractivity contribution < 1.29 is 4.79 Å². The summed E-state index contributed by atoms with van der Waals surface area (Å²) < 4.78 is 2.19. The van der Waals surface area contributed by atoms with Crippen molar-refractivity contribution in [3.63, 3.8) is 0 Å². The molecule has 1 aliphatic heterocycles. The molecule has 4 rings (SSSR count). The van der Waals surface area contributed by atoms with E-state index in [-0.39, 0.29) is 20.7 Å². The predicted molar refractivity (Wildman–Crippen MR) is 92.7 cm³/mol. The summed E-state index contributed by atoms with van der Waals surface area (Å²) in [7, 11) is 0. The predicted octanol–water partition coefficient (Wildman–Crippen LogP) is 3.80. The zero-order valence-electron chi connectivity index (χ0n) is 12.2. The van der Waals surface area contributed by atoms with Crippen LogP contribution in [0, 0.1) is 0 Å². The molecule has 0 aliphatic carbocycles. The van der Waals surface area contributed by atoms with E-state index in [0.29, 0.717) is 0 Å². The molecule has 0 amide bonds. The van der Waals surface area contributed by atoms with Crippen molar-refractivity contribution in [1.29, 1.82) is 0 Å². The van der Waals surface area contributed by atoms with Crippen molar-refractivity contribution in [2.45, 2.75) is 6.92 Å². The number of ketones is 1. The summed E-state index contributed by atoms with van der Waals surface area (Å²) >= 11 is 0.114. The summed E-state index contributed by atoms with van der Waals surface area (Å²) in [6.07, 6.45) is 0. The van der Waals surface area contributed by atoms with E-state index >= 15 is 0 Å². The third-order valence-electron chi connectivity index (χ3n) is 4.07. The van der Waals surface area contributed by atoms with Crippen LogP contribution in [0.15, 0.2) is 71.2 Å². The van der Waals surface area contributed by atoms with Gasteiger partial charge < -0.3 is 0 Å². The number of carbonyl (C=O) groups excluding carboxylic acids is 1. The zero-order valence-corrected chi connectivity index (χ0v) is 13.9. The Hall–Kier alpha value is -2.15. The third-order valence-corrected chi connectivity index (χ3v) is 6.74. The molecule has 0 unspecified atom stereocenters. The van der Waals surface area contributed by atoms with E-state index in [1.165, 1.54) is 15.2 Å². The molecule has 1 nitrogen and oxygen atoms in total. The number of hydrogen-bond acceptors (Lipinski definition) is 1. The molecule has 0 N–H and O–H groups in total. The summed E-state index contributed by atoms with van der Waals surface area (Å²) in [5.74, 6) is 0.209. The van der Waals surface area contributed by atoms with Gasteiger partial charge in [0.05, 0.1) is 0 Å². The Morgan fingerprint density at radius 1 is 0.864 bits per heavy atom. The Labute approximate surface area is 135 Å². The molecule has 0 fully saturated rings. The summed E-state index contributed by atoms with van der Waals surface area (Å²) in [4.78, 5) is 12.6. The van der Waals surface area contributed by atoms with Gasteiger partial charge in [-0.15, -0.1) is 0 Å². The molecular weight excluding hydrogens is 335 g/mol. The van der Waals surface area contributed by atoms with Gasteiger partial charge in [-0.05, 0) is 0 Å². The normalized spacial score (nSPS) is 16.0. The molecule has 0 bridgehead atoms. The Bertz CT molecular complexity index is 937. The molecular formula is C20H14OSe. The molecule has 0 spiro atoms. The second-order valence-corrected chi connectivity index (χ2v) is 7.65. The number of allylic oxidation sites excluding steroid dienone is 2. The van der Waals surface area contributed by atoms with Gasteiger partial charge in [0.2, 0.25) is 0 Å². The van der Waals surface area contributed by atoms with Crippen molar-refractivity contribution >= 4 is 41.5 Å². The van der Waals surface area contributed by atoms with Crippen LogP contribution in [-0.4, -0.2) is 20.7 Å². The van der Waals surface area contributed by atoms with E-state index in [9.17, 15) is 4.79 Å². The first kappa shape index (κ1) is 13.5. The second kappa shape index (κ2) is 5.24. The van der Waals surface area contributed by atoms with Crippen LogP contribution in [0.5, 0.6) is 0 Å². The standard InChI is InChI=1S/C20H14OSe/c1-13(15-11-10-14-6-2-3-7-16(14)12-15)20-19(21)17-8-4-5-9-18(17)22-20/h2-12H,1H3/b20-13-. The van der Waals surface area contributed by atoms with Crippen LogP contribution in [0.25, 0.3) is 16.3 Å². The van der Waals surface area contributed by atoms with Crippen LogP contribution in [-0.2, 0) is 0 Å². The van der Waals surface area contributed by atoms with Crippen molar-refractivity contribution in [3.8, 4) is 0 Å². The first-order valence-corrected chi connectivity index (χ1v) is 8.97. The van der Waals surface area contributed by atoms with E-state index in [2.05, 4.69) is 49.4 Å². The molecule has 2 heteroatoms. The van der Waals surface area contributed by atoms with Gasteiger partial charge in [0.15, 0.2) is 0 Å². The van der Waals surface area contributed by atoms with Crippen LogP contribution in [0.4, 0.5) is 0 Å². The van der Waals surface area contributed by atoms with Crippen LogP contribution in [0.1, 0.15) is 22.8 Å². The molecule has 0 saturated heterocycles. The molecule has 0 aromatic heterocycles. The van der Waals surface area contributed by atoms with Gasteiger partial charge >= 0.3 is 136 Å². The van der Waals surface area contributed by atoms with Crippen LogP contribution in [0.2, 0.25) is 0 Å². The molecule has 1 aliphatic rings. The average molecular weight is 349 g/mol. The van der Waals surface area contributed by atoms with E-state index in [1.54, 1.807) is 0 Å². The minimum absolute atomic E-state index is 0.114. The summed E-state index contributed by atoms with van der Waals surface area (Å²) in [5, 5.41) is 2.45. The summed E-state index contributed by atoms with van der Waals surface area (Å²) in [6.45, 7) is 2.07. The number of Topliss-reactive ketones (excluding diaryl/α,β-unsaturated/α-hetero) is 1. The van der Waals surface area contributed by atoms with Crippen molar-refractivity contribution in [3.05, 3.63) is 82.3 Å². The maximum atomic E-state index is 12.6. The fourth-order valence-electron chi connectivity index (χ4n) is 2.82. The average Bonchev–Trinajstić information content (AvgIpc) is 2.91. The van der Waals surface area contributed by atoms with Crippen molar-refractivity contribution in [2.75, 3.05) is 0 Å². The molecule has 0 atom stereocenters. The van der Waals surface area contributed by atoms with Crippen LogP contribution >= 0.6 is 0 Å².